The van der Waals surface area contributed by atoms with Crippen LogP contribution in [-0.4, -0.2) is 39.9 Å². The van der Waals surface area contributed by atoms with Crippen molar-refractivity contribution in [2.75, 3.05) is 13.1 Å². The summed E-state index contributed by atoms with van der Waals surface area (Å²) in [5, 5.41) is 3.31. The highest BCUT2D eigenvalue weighted by molar-refractivity contribution is 5.79. The number of nitrogens with zero attached hydrogens (tertiary/aromatic N) is 2. The van der Waals surface area contributed by atoms with Gasteiger partial charge in [0.2, 0.25) is 5.91 Å². The predicted molar refractivity (Wildman–Crippen MR) is 102 cm³/mol. The van der Waals surface area contributed by atoms with Crippen molar-refractivity contribution in [2.24, 2.45) is 5.92 Å². The number of likely N-dealkylation sites (tertiary alicyclic amines) is 1. The molecule has 1 aliphatic heterocycles. The third-order valence-corrected chi connectivity index (χ3v) is 5.72. The van der Waals surface area contributed by atoms with E-state index in [1.165, 1.54) is 5.56 Å². The monoisotopic (exact) mass is 352 g/mol. The van der Waals surface area contributed by atoms with Crippen LogP contribution in [0.5, 0.6) is 0 Å². The van der Waals surface area contributed by atoms with Gasteiger partial charge in [-0.3, -0.25) is 9.69 Å². The summed E-state index contributed by atoms with van der Waals surface area (Å²) in [4.78, 5) is 23.0. The zero-order valence-corrected chi connectivity index (χ0v) is 15.5. The number of H-pyrrole nitrogens is 1. The van der Waals surface area contributed by atoms with Crippen molar-refractivity contribution in [1.29, 1.82) is 0 Å². The SMILES string of the molecule is Cc1nc2c([nH]1)C[C@@H](C(=O)NC1CCN(Cc3ccccc3)CC1)CC2. The summed E-state index contributed by atoms with van der Waals surface area (Å²) < 4.78 is 0. The molecule has 0 spiro atoms. The van der Waals surface area contributed by atoms with Crippen LogP contribution in [-0.2, 0) is 24.2 Å². The summed E-state index contributed by atoms with van der Waals surface area (Å²) in [7, 11) is 0. The lowest BCUT2D eigenvalue weighted by Crippen LogP contribution is -2.46. The third kappa shape index (κ3) is 3.98. The van der Waals surface area contributed by atoms with Gasteiger partial charge in [0.15, 0.2) is 0 Å². The highest BCUT2D eigenvalue weighted by atomic mass is 16.1. The first-order chi connectivity index (χ1) is 12.7. The quantitative estimate of drug-likeness (QED) is 0.889. The molecule has 5 heteroatoms. The molecule has 1 aromatic heterocycles. The van der Waals surface area contributed by atoms with Gasteiger partial charge in [0.25, 0.3) is 0 Å². The second-order valence-corrected chi connectivity index (χ2v) is 7.73. The van der Waals surface area contributed by atoms with Gasteiger partial charge in [0.05, 0.1) is 5.69 Å². The van der Waals surface area contributed by atoms with E-state index < -0.39 is 0 Å². The van der Waals surface area contributed by atoms with Gasteiger partial charge in [-0.1, -0.05) is 30.3 Å². The lowest BCUT2D eigenvalue weighted by molar-refractivity contribution is -0.126. The Labute approximate surface area is 155 Å². The molecule has 26 heavy (non-hydrogen) atoms. The van der Waals surface area contributed by atoms with E-state index in [1.54, 1.807) is 0 Å². The lowest BCUT2D eigenvalue weighted by atomic mass is 9.88. The van der Waals surface area contributed by atoms with Crippen molar-refractivity contribution in [3.8, 4) is 0 Å². The first-order valence-electron chi connectivity index (χ1n) is 9.78. The standard InChI is InChI=1S/C21H28N4O/c1-15-22-19-8-7-17(13-20(19)23-15)21(26)24-18-9-11-25(12-10-18)14-16-5-3-2-4-6-16/h2-6,17-18H,7-14H2,1H3,(H,22,23)(H,24,26)/t17-/m0/s1. The molecule has 1 amide bonds. The highest BCUT2D eigenvalue weighted by Gasteiger charge is 2.29. The van der Waals surface area contributed by atoms with Crippen molar-refractivity contribution >= 4 is 5.91 Å². The third-order valence-electron chi connectivity index (χ3n) is 5.72. The van der Waals surface area contributed by atoms with Gasteiger partial charge >= 0.3 is 0 Å². The minimum absolute atomic E-state index is 0.0877. The smallest absolute Gasteiger partial charge is 0.223 e. The number of hydrogen-bond donors (Lipinski definition) is 2. The minimum atomic E-state index is 0.0877. The van der Waals surface area contributed by atoms with Crippen LogP contribution in [0, 0.1) is 12.8 Å². The van der Waals surface area contributed by atoms with Crippen LogP contribution in [0.2, 0.25) is 0 Å². The van der Waals surface area contributed by atoms with Crippen molar-refractivity contribution in [3.05, 3.63) is 53.1 Å². The Morgan fingerprint density at radius 3 is 2.77 bits per heavy atom. The summed E-state index contributed by atoms with van der Waals surface area (Å²) in [5.74, 6) is 1.27. The fourth-order valence-electron chi connectivity index (χ4n) is 4.24. The summed E-state index contributed by atoms with van der Waals surface area (Å²) >= 11 is 0. The van der Waals surface area contributed by atoms with E-state index in [0.717, 1.165) is 69.0 Å². The van der Waals surface area contributed by atoms with Crippen LogP contribution in [0.15, 0.2) is 30.3 Å². The molecule has 2 aromatic rings. The summed E-state index contributed by atoms with van der Waals surface area (Å²) in [5.41, 5.74) is 3.68. The number of amides is 1. The number of aryl methyl sites for hydroxylation is 2. The molecule has 1 aromatic carbocycles. The molecular formula is C21H28N4O. The van der Waals surface area contributed by atoms with Gasteiger partial charge in [0.1, 0.15) is 5.82 Å². The number of aromatic amines is 1. The first kappa shape index (κ1) is 17.3. The van der Waals surface area contributed by atoms with Gasteiger partial charge < -0.3 is 10.3 Å². The molecule has 1 fully saturated rings. The molecule has 1 saturated heterocycles. The second kappa shape index (κ2) is 7.62. The molecule has 0 radical (unpaired) electrons. The molecule has 1 atom stereocenters. The number of fused-ring (bicyclic) bond motifs is 1. The molecule has 2 heterocycles. The van der Waals surface area contributed by atoms with Crippen LogP contribution in [0.4, 0.5) is 0 Å². The van der Waals surface area contributed by atoms with E-state index in [9.17, 15) is 4.79 Å². The van der Waals surface area contributed by atoms with E-state index in [-0.39, 0.29) is 11.8 Å². The van der Waals surface area contributed by atoms with Gasteiger partial charge in [-0.05, 0) is 38.2 Å². The average Bonchev–Trinajstić information content (AvgIpc) is 3.03. The number of hydrogen-bond acceptors (Lipinski definition) is 3. The van der Waals surface area contributed by atoms with Gasteiger partial charge in [-0.25, -0.2) is 4.98 Å². The summed E-state index contributed by atoms with van der Waals surface area (Å²) in [6.45, 7) is 5.09. The normalized spacial score (nSPS) is 21.3. The highest BCUT2D eigenvalue weighted by Crippen LogP contribution is 2.24. The number of nitrogens with one attached hydrogen (secondary N) is 2. The Morgan fingerprint density at radius 2 is 2.00 bits per heavy atom. The maximum atomic E-state index is 12.7. The fourth-order valence-corrected chi connectivity index (χ4v) is 4.24. The molecule has 4 rings (SSSR count). The minimum Gasteiger partial charge on any atom is -0.353 e. The lowest BCUT2D eigenvalue weighted by Gasteiger charge is -2.33. The van der Waals surface area contributed by atoms with Gasteiger partial charge in [-0.15, -0.1) is 0 Å². The van der Waals surface area contributed by atoms with E-state index >= 15 is 0 Å². The molecular weight excluding hydrogens is 324 g/mol. The topological polar surface area (TPSA) is 61.0 Å². The molecule has 1 aliphatic carbocycles. The molecule has 0 saturated carbocycles. The Hall–Kier alpha value is -2.14. The predicted octanol–water partition coefficient (Wildman–Crippen LogP) is 2.60. The molecule has 2 aliphatic rings. The molecule has 0 unspecified atom stereocenters. The molecule has 138 valence electrons. The van der Waals surface area contributed by atoms with Crippen molar-refractivity contribution in [3.63, 3.8) is 0 Å². The number of imidazole rings is 1. The number of aromatic nitrogens is 2. The zero-order chi connectivity index (χ0) is 17.9. The number of carbonyl (C=O) groups is 1. The Morgan fingerprint density at radius 1 is 1.23 bits per heavy atom. The number of carbonyl (C=O) groups excluding carboxylic acids is 1. The summed E-state index contributed by atoms with van der Waals surface area (Å²) in [6, 6.07) is 10.9. The molecule has 2 N–H and O–H groups in total. The van der Waals surface area contributed by atoms with E-state index in [4.69, 9.17) is 0 Å². The number of rotatable bonds is 4. The molecule has 5 nitrogen and oxygen atoms in total. The van der Waals surface area contributed by atoms with Crippen LogP contribution in [0.25, 0.3) is 0 Å². The van der Waals surface area contributed by atoms with Gasteiger partial charge in [0, 0.05) is 43.7 Å². The largest absolute Gasteiger partial charge is 0.353 e. The van der Waals surface area contributed by atoms with Crippen molar-refractivity contribution < 1.29 is 4.79 Å². The van der Waals surface area contributed by atoms with Crippen LogP contribution >= 0.6 is 0 Å². The van der Waals surface area contributed by atoms with E-state index in [2.05, 4.69) is 50.5 Å². The van der Waals surface area contributed by atoms with Crippen LogP contribution in [0.3, 0.4) is 0 Å². The number of benzene rings is 1. The Kier molecular flexibility index (Phi) is 5.07. The Bertz CT molecular complexity index is 747. The van der Waals surface area contributed by atoms with Crippen LogP contribution < -0.4 is 5.32 Å². The summed E-state index contributed by atoms with van der Waals surface area (Å²) in [6.07, 6.45) is 4.71. The zero-order valence-electron chi connectivity index (χ0n) is 15.5. The number of piperidine rings is 1. The van der Waals surface area contributed by atoms with Crippen molar-refractivity contribution in [2.45, 2.75) is 51.6 Å². The van der Waals surface area contributed by atoms with Gasteiger partial charge in [-0.2, -0.15) is 0 Å². The first-order valence-corrected chi connectivity index (χ1v) is 9.78. The van der Waals surface area contributed by atoms with E-state index in [0.29, 0.717) is 6.04 Å². The Balaban J connectivity index is 1.25. The second-order valence-electron chi connectivity index (χ2n) is 7.73. The fraction of sp³-hybridized carbons (Fsp3) is 0.524. The van der Waals surface area contributed by atoms with E-state index in [1.807, 2.05) is 6.92 Å². The van der Waals surface area contributed by atoms with Crippen molar-refractivity contribution in [1.82, 2.24) is 20.2 Å². The van der Waals surface area contributed by atoms with Crippen LogP contribution in [0.1, 0.15) is 42.0 Å². The maximum Gasteiger partial charge on any atom is 0.223 e. The molecule has 0 bridgehead atoms. The average molecular weight is 352 g/mol. The maximum absolute atomic E-state index is 12.7.